The van der Waals surface area contributed by atoms with E-state index in [0.717, 1.165) is 0 Å². The number of ether oxygens (including phenoxy) is 1. The van der Waals surface area contributed by atoms with E-state index >= 15 is 0 Å². The van der Waals surface area contributed by atoms with Crippen LogP contribution in [0, 0.1) is 11.6 Å². The summed E-state index contributed by atoms with van der Waals surface area (Å²) in [6.45, 7) is 0. The largest absolute Gasteiger partial charge is 0.495 e. The molecule has 1 N–H and O–H groups in total. The quantitative estimate of drug-likeness (QED) is 0.837. The number of benzene rings is 1. The Morgan fingerprint density at radius 3 is 2.57 bits per heavy atom. The average molecular weight is 267 g/mol. The molecule has 0 fully saturated rings. The smallest absolute Gasteiger partial charge is 0.339 e. The first-order valence-corrected chi connectivity index (χ1v) is 4.23. The zero-order chi connectivity index (χ0) is 10.9. The van der Waals surface area contributed by atoms with Crippen molar-refractivity contribution in [1.82, 2.24) is 0 Å². The van der Waals surface area contributed by atoms with Gasteiger partial charge in [-0.25, -0.2) is 13.6 Å². The molecule has 0 bridgehead atoms. The van der Waals surface area contributed by atoms with Crippen LogP contribution in [0.25, 0.3) is 0 Å². The normalized spacial score (nSPS) is 10.0. The molecule has 0 unspecified atom stereocenters. The molecule has 1 aromatic carbocycles. The maximum absolute atomic E-state index is 12.9. The van der Waals surface area contributed by atoms with Gasteiger partial charge in [-0.05, 0) is 22.0 Å². The Balaban J connectivity index is 3.51. The lowest BCUT2D eigenvalue weighted by Gasteiger charge is -2.08. The predicted octanol–water partition coefficient (Wildman–Crippen LogP) is 2.43. The number of hydrogen-bond acceptors (Lipinski definition) is 2. The van der Waals surface area contributed by atoms with Crippen molar-refractivity contribution in [3.05, 3.63) is 27.7 Å². The van der Waals surface area contributed by atoms with Crippen molar-refractivity contribution in [2.24, 2.45) is 0 Å². The van der Waals surface area contributed by atoms with Gasteiger partial charge < -0.3 is 9.84 Å². The second-order valence-electron chi connectivity index (χ2n) is 2.37. The van der Waals surface area contributed by atoms with Crippen molar-refractivity contribution in [1.29, 1.82) is 0 Å². The van der Waals surface area contributed by atoms with Crippen LogP contribution in [0.15, 0.2) is 10.5 Å². The van der Waals surface area contributed by atoms with Gasteiger partial charge in [-0.1, -0.05) is 0 Å². The first-order valence-electron chi connectivity index (χ1n) is 3.43. The lowest BCUT2D eigenvalue weighted by Crippen LogP contribution is -2.04. The van der Waals surface area contributed by atoms with Crippen molar-refractivity contribution in [2.45, 2.75) is 0 Å². The van der Waals surface area contributed by atoms with E-state index in [1.807, 2.05) is 0 Å². The van der Waals surface area contributed by atoms with Gasteiger partial charge in [-0.2, -0.15) is 0 Å². The molecule has 0 heterocycles. The Hall–Kier alpha value is -1.17. The van der Waals surface area contributed by atoms with Crippen LogP contribution in [0.3, 0.4) is 0 Å². The van der Waals surface area contributed by atoms with E-state index in [2.05, 4.69) is 20.7 Å². The minimum Gasteiger partial charge on any atom is -0.495 e. The maximum Gasteiger partial charge on any atom is 0.339 e. The summed E-state index contributed by atoms with van der Waals surface area (Å²) >= 11 is 2.71. The van der Waals surface area contributed by atoms with Crippen LogP contribution in [0.2, 0.25) is 0 Å². The van der Waals surface area contributed by atoms with Gasteiger partial charge in [0.2, 0.25) is 0 Å². The third kappa shape index (κ3) is 1.70. The summed E-state index contributed by atoms with van der Waals surface area (Å²) in [6.07, 6.45) is 0. The van der Waals surface area contributed by atoms with Gasteiger partial charge in [0.05, 0.1) is 11.6 Å². The number of methoxy groups -OCH3 is 1. The molecule has 1 aromatic rings. The van der Waals surface area contributed by atoms with E-state index in [1.165, 1.54) is 7.11 Å². The van der Waals surface area contributed by atoms with E-state index in [-0.39, 0.29) is 10.2 Å². The highest BCUT2D eigenvalue weighted by Crippen LogP contribution is 2.33. The number of hydrogen-bond donors (Lipinski definition) is 1. The lowest BCUT2D eigenvalue weighted by atomic mass is 10.2. The fraction of sp³-hybridized carbons (Fsp3) is 0.125. The van der Waals surface area contributed by atoms with E-state index < -0.39 is 23.2 Å². The molecule has 14 heavy (non-hydrogen) atoms. The first kappa shape index (κ1) is 10.9. The molecule has 76 valence electrons. The van der Waals surface area contributed by atoms with E-state index in [1.54, 1.807) is 0 Å². The molecule has 0 aliphatic heterocycles. The molecule has 0 saturated carbocycles. The summed E-state index contributed by atoms with van der Waals surface area (Å²) in [6, 6.07) is 0.571. The van der Waals surface area contributed by atoms with Crippen LogP contribution in [0.1, 0.15) is 10.4 Å². The summed E-state index contributed by atoms with van der Waals surface area (Å²) in [5.41, 5.74) is -0.432. The predicted molar refractivity (Wildman–Crippen MR) is 47.6 cm³/mol. The highest BCUT2D eigenvalue weighted by molar-refractivity contribution is 9.10. The van der Waals surface area contributed by atoms with Crippen LogP contribution in [-0.4, -0.2) is 18.2 Å². The van der Waals surface area contributed by atoms with Crippen molar-refractivity contribution >= 4 is 21.9 Å². The molecular weight excluding hydrogens is 262 g/mol. The highest BCUT2D eigenvalue weighted by Gasteiger charge is 2.21. The standard InChI is InChI=1S/C8H5BrF2O3/c1-14-7-3(8(12)13)2-4(10)6(11)5(7)9/h2H,1H3,(H,12,13). The van der Waals surface area contributed by atoms with Crippen molar-refractivity contribution < 1.29 is 23.4 Å². The minimum atomic E-state index is -1.39. The number of halogens is 3. The number of carboxylic acid groups (broad SMARTS) is 1. The molecule has 0 amide bonds. The van der Waals surface area contributed by atoms with Crippen LogP contribution >= 0.6 is 15.9 Å². The fourth-order valence-corrected chi connectivity index (χ4v) is 1.50. The SMILES string of the molecule is COc1c(C(=O)O)cc(F)c(F)c1Br. The Bertz CT molecular complexity index is 393. The molecule has 0 aliphatic rings. The summed E-state index contributed by atoms with van der Waals surface area (Å²) in [5.74, 6) is -4.04. The zero-order valence-electron chi connectivity index (χ0n) is 6.97. The van der Waals surface area contributed by atoms with Gasteiger partial charge in [0.25, 0.3) is 0 Å². The summed E-state index contributed by atoms with van der Waals surface area (Å²) < 4.78 is 30.0. The number of carbonyl (C=O) groups is 1. The van der Waals surface area contributed by atoms with E-state index in [4.69, 9.17) is 5.11 Å². The first-order chi connectivity index (χ1) is 6.49. The van der Waals surface area contributed by atoms with Crippen LogP contribution in [0.4, 0.5) is 8.78 Å². The van der Waals surface area contributed by atoms with Crippen LogP contribution in [-0.2, 0) is 0 Å². The molecule has 6 heteroatoms. The van der Waals surface area contributed by atoms with Gasteiger partial charge in [0.15, 0.2) is 17.4 Å². The molecule has 0 aliphatic carbocycles. The van der Waals surface area contributed by atoms with E-state index in [9.17, 15) is 13.6 Å². The Kier molecular flexibility index (Phi) is 3.05. The highest BCUT2D eigenvalue weighted by atomic mass is 79.9. The van der Waals surface area contributed by atoms with Crippen molar-refractivity contribution in [2.75, 3.05) is 7.11 Å². The second kappa shape index (κ2) is 3.91. The van der Waals surface area contributed by atoms with E-state index in [0.29, 0.717) is 6.07 Å². The van der Waals surface area contributed by atoms with Crippen LogP contribution < -0.4 is 4.74 Å². The van der Waals surface area contributed by atoms with Gasteiger partial charge in [0, 0.05) is 0 Å². The topological polar surface area (TPSA) is 46.5 Å². The molecule has 1 rings (SSSR count). The molecule has 0 radical (unpaired) electrons. The average Bonchev–Trinajstić information content (AvgIpc) is 2.13. The molecule has 3 nitrogen and oxygen atoms in total. The fourth-order valence-electron chi connectivity index (χ4n) is 0.937. The second-order valence-corrected chi connectivity index (χ2v) is 3.17. The third-order valence-electron chi connectivity index (χ3n) is 1.55. The Morgan fingerprint density at radius 2 is 2.14 bits per heavy atom. The van der Waals surface area contributed by atoms with Crippen molar-refractivity contribution in [3.8, 4) is 5.75 Å². The van der Waals surface area contributed by atoms with Gasteiger partial charge in [-0.15, -0.1) is 0 Å². The lowest BCUT2D eigenvalue weighted by molar-refractivity contribution is 0.0692. The number of carboxylic acids is 1. The monoisotopic (exact) mass is 266 g/mol. The van der Waals surface area contributed by atoms with Gasteiger partial charge in [0.1, 0.15) is 5.56 Å². The molecule has 0 aromatic heterocycles. The molecule has 0 saturated heterocycles. The van der Waals surface area contributed by atoms with Crippen molar-refractivity contribution in [3.63, 3.8) is 0 Å². The maximum atomic E-state index is 12.9. The molecule has 0 spiro atoms. The summed E-state index contributed by atoms with van der Waals surface area (Å²) in [5, 5.41) is 8.65. The van der Waals surface area contributed by atoms with Crippen LogP contribution in [0.5, 0.6) is 5.75 Å². The summed E-state index contributed by atoms with van der Waals surface area (Å²) in [4.78, 5) is 10.6. The number of aromatic carboxylic acids is 1. The Morgan fingerprint density at radius 1 is 1.57 bits per heavy atom. The molecule has 0 atom stereocenters. The minimum absolute atomic E-state index is 0.239. The van der Waals surface area contributed by atoms with Gasteiger partial charge in [-0.3, -0.25) is 0 Å². The third-order valence-corrected chi connectivity index (χ3v) is 2.26. The zero-order valence-corrected chi connectivity index (χ0v) is 8.56. The van der Waals surface area contributed by atoms with Gasteiger partial charge >= 0.3 is 5.97 Å². The molecular formula is C8H5BrF2O3. The Labute approximate surface area is 86.4 Å². The summed E-state index contributed by atoms with van der Waals surface area (Å²) in [7, 11) is 1.17. The number of rotatable bonds is 2.